The van der Waals surface area contributed by atoms with Crippen molar-refractivity contribution in [1.82, 2.24) is 4.90 Å². The van der Waals surface area contributed by atoms with Crippen molar-refractivity contribution in [2.75, 3.05) is 7.05 Å². The van der Waals surface area contributed by atoms with E-state index in [1.165, 1.54) is 57.8 Å². The number of rotatable bonds is 7. The van der Waals surface area contributed by atoms with Gasteiger partial charge in [0, 0.05) is 18.7 Å². The van der Waals surface area contributed by atoms with Gasteiger partial charge in [0.15, 0.2) is 0 Å². The molecule has 3 saturated carbocycles. The second-order valence-electron chi connectivity index (χ2n) is 13.9. The topological polar surface area (TPSA) is 20.3 Å². The molecule has 3 fully saturated rings. The van der Waals surface area contributed by atoms with Crippen LogP contribution in [0.5, 0.6) is 0 Å². The molecule has 0 aromatic rings. The predicted octanol–water partition coefficient (Wildman–Crippen LogP) is 8.43. The molecule has 4 rings (SSSR count). The van der Waals surface area contributed by atoms with Crippen LogP contribution in [0, 0.1) is 46.3 Å². The molecule has 34 heavy (non-hydrogen) atoms. The number of fused-ring (bicyclic) bond motifs is 5. The van der Waals surface area contributed by atoms with Gasteiger partial charge in [-0.2, -0.15) is 0 Å². The van der Waals surface area contributed by atoms with Crippen LogP contribution in [0.4, 0.5) is 0 Å². The molecule has 1 amide bonds. The van der Waals surface area contributed by atoms with Gasteiger partial charge in [-0.1, -0.05) is 72.1 Å². The van der Waals surface area contributed by atoms with Gasteiger partial charge in [0.1, 0.15) is 0 Å². The average Bonchev–Trinajstić information content (AvgIpc) is 3.14. The normalized spacial score (nSPS) is 40.1. The summed E-state index contributed by atoms with van der Waals surface area (Å²) in [5.74, 6) is 5.43. The molecule has 0 spiro atoms. The molecule has 0 aromatic carbocycles. The number of nitrogens with zero attached hydrogens (tertiary/aromatic N) is 1. The highest BCUT2D eigenvalue weighted by Crippen LogP contribution is 2.67. The van der Waals surface area contributed by atoms with Crippen molar-refractivity contribution >= 4 is 5.91 Å². The molecule has 0 aromatic heterocycles. The van der Waals surface area contributed by atoms with E-state index in [9.17, 15) is 4.79 Å². The first-order valence-corrected chi connectivity index (χ1v) is 14.6. The van der Waals surface area contributed by atoms with Crippen molar-refractivity contribution in [3.8, 4) is 0 Å². The van der Waals surface area contributed by atoms with Gasteiger partial charge in [0.25, 0.3) is 0 Å². The van der Waals surface area contributed by atoms with E-state index in [-0.39, 0.29) is 5.91 Å². The molecule has 4 aliphatic carbocycles. The minimum Gasteiger partial charge on any atom is -0.339 e. The minimum atomic E-state index is 0.121. The molecule has 0 radical (unpaired) electrons. The highest BCUT2D eigenvalue weighted by molar-refractivity contribution is 5.92. The average molecular weight is 468 g/mol. The Bertz CT molecular complexity index is 810. The summed E-state index contributed by atoms with van der Waals surface area (Å²) in [5, 5.41) is 0. The van der Waals surface area contributed by atoms with Crippen molar-refractivity contribution in [3.05, 3.63) is 23.8 Å². The van der Waals surface area contributed by atoms with Crippen LogP contribution in [0.25, 0.3) is 0 Å². The fourth-order valence-corrected chi connectivity index (χ4v) is 9.46. The molecule has 0 aliphatic heterocycles. The smallest absolute Gasteiger partial charge is 0.248 e. The molecule has 192 valence electrons. The summed E-state index contributed by atoms with van der Waals surface area (Å²) in [7, 11) is 1.99. The lowest BCUT2D eigenvalue weighted by atomic mass is 9.46. The Labute approximate surface area is 211 Å². The maximum absolute atomic E-state index is 12.6. The highest BCUT2D eigenvalue weighted by Gasteiger charge is 2.59. The zero-order valence-electron chi connectivity index (χ0n) is 23.5. The van der Waals surface area contributed by atoms with E-state index in [2.05, 4.69) is 47.3 Å². The number of hydrogen-bond donors (Lipinski definition) is 0. The Morgan fingerprint density at radius 3 is 2.50 bits per heavy atom. The predicted molar refractivity (Wildman–Crippen MR) is 144 cm³/mol. The second kappa shape index (κ2) is 9.78. The van der Waals surface area contributed by atoms with Gasteiger partial charge in [-0.05, 0) is 105 Å². The molecule has 8 atom stereocenters. The molecule has 2 nitrogen and oxygen atoms in total. The van der Waals surface area contributed by atoms with Crippen molar-refractivity contribution < 1.29 is 4.79 Å². The maximum atomic E-state index is 12.6. The summed E-state index contributed by atoms with van der Waals surface area (Å²) in [4.78, 5) is 14.5. The van der Waals surface area contributed by atoms with Crippen LogP contribution in [0.1, 0.15) is 112 Å². The minimum absolute atomic E-state index is 0.121. The first kappa shape index (κ1) is 26.0. The largest absolute Gasteiger partial charge is 0.339 e. The van der Waals surface area contributed by atoms with Crippen LogP contribution in [-0.2, 0) is 4.79 Å². The molecular weight excluding hydrogens is 414 g/mol. The lowest BCUT2D eigenvalue weighted by Crippen LogP contribution is -2.52. The van der Waals surface area contributed by atoms with Crippen LogP contribution in [0.15, 0.2) is 23.8 Å². The monoisotopic (exact) mass is 467 g/mol. The number of allylic oxidation sites excluding steroid dienone is 1. The second-order valence-corrected chi connectivity index (χ2v) is 13.9. The van der Waals surface area contributed by atoms with Crippen LogP contribution >= 0.6 is 0 Å². The zero-order chi connectivity index (χ0) is 24.8. The lowest BCUT2D eigenvalue weighted by Gasteiger charge is -2.59. The number of carbonyl (C=O) groups excluding carboxylic acids is 1. The van der Waals surface area contributed by atoms with E-state index < -0.39 is 0 Å². The van der Waals surface area contributed by atoms with Gasteiger partial charge in [-0.25, -0.2) is 0 Å². The van der Waals surface area contributed by atoms with E-state index >= 15 is 0 Å². The Morgan fingerprint density at radius 1 is 1.09 bits per heavy atom. The standard InChI is InChI=1S/C32H53NO/c1-21(2)10-9-11-23(5)27-14-15-28-26-13-12-24-20-25(33(8)30(34)22(3)4)16-18-31(24,6)29(26)17-19-32(27,28)7/h12,21,23,25-29H,3,9-11,13-20H2,1-2,4-8H3/t23-,25+,26+,27?,28+,29+,31+,32-/m1/s1. The van der Waals surface area contributed by atoms with Gasteiger partial charge in [-0.3, -0.25) is 4.79 Å². The summed E-state index contributed by atoms with van der Waals surface area (Å²) in [6, 6.07) is 0.344. The van der Waals surface area contributed by atoms with Crippen molar-refractivity contribution in [1.29, 1.82) is 0 Å². The molecule has 1 unspecified atom stereocenters. The molecule has 4 aliphatic rings. The van der Waals surface area contributed by atoms with Crippen LogP contribution in [0.2, 0.25) is 0 Å². The summed E-state index contributed by atoms with van der Waals surface area (Å²) >= 11 is 0. The maximum Gasteiger partial charge on any atom is 0.248 e. The molecule has 2 heteroatoms. The highest BCUT2D eigenvalue weighted by atomic mass is 16.2. The van der Waals surface area contributed by atoms with Gasteiger partial charge in [0.2, 0.25) is 5.91 Å². The first-order chi connectivity index (χ1) is 16.0. The Morgan fingerprint density at radius 2 is 1.82 bits per heavy atom. The van der Waals surface area contributed by atoms with Crippen molar-refractivity contribution in [3.63, 3.8) is 0 Å². The zero-order valence-corrected chi connectivity index (χ0v) is 23.5. The summed E-state index contributed by atoms with van der Waals surface area (Å²) in [5.41, 5.74) is 3.25. The fraction of sp³-hybridized carbons (Fsp3) is 0.844. The quantitative estimate of drug-likeness (QED) is 0.272. The fourth-order valence-electron chi connectivity index (χ4n) is 9.46. The molecule has 0 heterocycles. The van der Waals surface area contributed by atoms with E-state index in [1.807, 2.05) is 18.9 Å². The Hall–Kier alpha value is -1.05. The summed E-state index contributed by atoms with van der Waals surface area (Å²) in [6.07, 6.45) is 17.4. The van der Waals surface area contributed by atoms with Crippen molar-refractivity contribution in [2.45, 2.75) is 118 Å². The molecule has 0 bridgehead atoms. The van der Waals surface area contributed by atoms with Gasteiger partial charge in [-0.15, -0.1) is 0 Å². The molecule has 0 saturated heterocycles. The van der Waals surface area contributed by atoms with Gasteiger partial charge >= 0.3 is 0 Å². The third-order valence-electron chi connectivity index (χ3n) is 11.5. The van der Waals surface area contributed by atoms with E-state index in [0.29, 0.717) is 22.4 Å². The Balaban J connectivity index is 1.47. The van der Waals surface area contributed by atoms with Crippen molar-refractivity contribution in [2.24, 2.45) is 46.3 Å². The first-order valence-electron chi connectivity index (χ1n) is 14.6. The van der Waals surface area contributed by atoms with E-state index in [0.717, 1.165) is 48.3 Å². The number of likely N-dealkylation sites (N-methyl/N-ethyl adjacent to an activating group) is 1. The summed E-state index contributed by atoms with van der Waals surface area (Å²) < 4.78 is 0. The van der Waals surface area contributed by atoms with Gasteiger partial charge in [0.05, 0.1) is 0 Å². The van der Waals surface area contributed by atoms with Gasteiger partial charge < -0.3 is 4.90 Å². The number of amides is 1. The van der Waals surface area contributed by atoms with E-state index in [1.54, 1.807) is 5.57 Å². The SMILES string of the molecule is C=C(C)C(=O)N(C)[C@H]1CC[C@@]2(C)C(=CC[C@@H]3[C@@H]2CC[C@]2(C)C([C@H](C)CCCC(C)C)CC[C@@H]32)C1. The molecule has 0 N–H and O–H groups in total. The van der Waals surface area contributed by atoms with E-state index in [4.69, 9.17) is 0 Å². The third kappa shape index (κ3) is 4.45. The molecular formula is C32H53NO. The number of carbonyl (C=O) groups is 1. The lowest BCUT2D eigenvalue weighted by molar-refractivity contribution is -0.128. The Kier molecular flexibility index (Phi) is 7.48. The summed E-state index contributed by atoms with van der Waals surface area (Å²) in [6.45, 7) is 18.3. The number of hydrogen-bond acceptors (Lipinski definition) is 1. The third-order valence-corrected chi connectivity index (χ3v) is 11.5. The van der Waals surface area contributed by atoms with Crippen LogP contribution < -0.4 is 0 Å². The van der Waals surface area contributed by atoms with Crippen LogP contribution in [0.3, 0.4) is 0 Å². The van der Waals surface area contributed by atoms with Crippen LogP contribution in [-0.4, -0.2) is 23.9 Å².